The number of aromatic nitrogens is 5. The number of aromatic amines is 2. The number of amides is 1. The number of carbonyl (C=O) groups excluding carboxylic acids is 1. The lowest BCUT2D eigenvalue weighted by Crippen LogP contribution is -2.38. The number of benzene rings is 1. The van der Waals surface area contributed by atoms with E-state index in [4.69, 9.17) is 4.52 Å². The van der Waals surface area contributed by atoms with Crippen molar-refractivity contribution in [3.8, 4) is 11.5 Å². The van der Waals surface area contributed by atoms with Crippen LogP contribution in [0.15, 0.2) is 45.7 Å². The molecule has 0 bridgehead atoms. The summed E-state index contributed by atoms with van der Waals surface area (Å²) in [6.45, 7) is 1.74. The summed E-state index contributed by atoms with van der Waals surface area (Å²) >= 11 is 0. The first kappa shape index (κ1) is 16.5. The third kappa shape index (κ3) is 3.00. The highest BCUT2D eigenvalue weighted by Crippen LogP contribution is 2.23. The normalized spacial score (nSPS) is 13.8. The highest BCUT2D eigenvalue weighted by molar-refractivity contribution is 5.79. The Hall–Kier alpha value is -3.62. The van der Waals surface area contributed by atoms with Crippen molar-refractivity contribution in [3.05, 3.63) is 58.2 Å². The molecule has 0 fully saturated rings. The Morgan fingerprint density at radius 3 is 2.93 bits per heavy atom. The van der Waals surface area contributed by atoms with Gasteiger partial charge in [0.1, 0.15) is 11.5 Å². The zero-order valence-corrected chi connectivity index (χ0v) is 15.0. The Morgan fingerprint density at radius 1 is 1.21 bits per heavy atom. The Bertz CT molecular complexity index is 1180. The molecule has 1 aliphatic heterocycles. The zero-order valence-electron chi connectivity index (χ0n) is 15.0. The van der Waals surface area contributed by atoms with E-state index in [-0.39, 0.29) is 11.5 Å². The molecule has 5 rings (SSSR count). The number of H-pyrrole nitrogens is 2. The van der Waals surface area contributed by atoms with E-state index >= 15 is 0 Å². The van der Waals surface area contributed by atoms with Gasteiger partial charge < -0.3 is 14.4 Å². The van der Waals surface area contributed by atoms with Crippen molar-refractivity contribution in [1.29, 1.82) is 0 Å². The summed E-state index contributed by atoms with van der Waals surface area (Å²) < 4.78 is 6.93. The van der Waals surface area contributed by atoms with Gasteiger partial charge in [-0.05, 0) is 18.2 Å². The molecule has 9 heteroatoms. The van der Waals surface area contributed by atoms with Gasteiger partial charge in [0, 0.05) is 25.5 Å². The minimum absolute atomic E-state index is 0.0292. The molecule has 0 saturated carbocycles. The topological polar surface area (TPSA) is 113 Å². The van der Waals surface area contributed by atoms with Crippen LogP contribution in [0.4, 0.5) is 0 Å². The molecular weight excluding hydrogens is 360 g/mol. The maximum Gasteiger partial charge on any atom is 0.280 e. The van der Waals surface area contributed by atoms with E-state index in [1.54, 1.807) is 0 Å². The highest BCUT2D eigenvalue weighted by Gasteiger charge is 2.23. The molecule has 0 unspecified atom stereocenters. The third-order valence-corrected chi connectivity index (χ3v) is 4.94. The van der Waals surface area contributed by atoms with Crippen molar-refractivity contribution in [2.75, 3.05) is 6.54 Å². The Balaban J connectivity index is 1.30. The number of nitrogens with one attached hydrogen (secondary N) is 2. The first-order valence-corrected chi connectivity index (χ1v) is 9.13. The number of fused-ring (bicyclic) bond motifs is 2. The lowest BCUT2D eigenvalue weighted by atomic mass is 10.2. The van der Waals surface area contributed by atoms with Crippen LogP contribution in [0.2, 0.25) is 0 Å². The molecule has 0 radical (unpaired) electrons. The SMILES string of the molecule is O=C(CCc1cc(=O)[nH]o1)N1CCn2nc(-c3nc4ccccc4[nH]3)cc2C1. The Labute approximate surface area is 158 Å². The molecule has 9 nitrogen and oxygen atoms in total. The lowest BCUT2D eigenvalue weighted by Gasteiger charge is -2.27. The van der Waals surface area contributed by atoms with Gasteiger partial charge in [-0.15, -0.1) is 0 Å². The highest BCUT2D eigenvalue weighted by atomic mass is 16.5. The van der Waals surface area contributed by atoms with Crippen molar-refractivity contribution in [2.24, 2.45) is 0 Å². The van der Waals surface area contributed by atoms with Crippen LogP contribution in [0.5, 0.6) is 0 Å². The van der Waals surface area contributed by atoms with E-state index in [0.717, 1.165) is 28.2 Å². The number of carbonyl (C=O) groups is 1. The zero-order chi connectivity index (χ0) is 19.1. The number of aryl methyl sites for hydroxylation is 1. The van der Waals surface area contributed by atoms with E-state index in [1.807, 2.05) is 39.9 Å². The van der Waals surface area contributed by atoms with Crippen LogP contribution in [0.1, 0.15) is 17.9 Å². The molecule has 4 aromatic rings. The van der Waals surface area contributed by atoms with Crippen LogP contribution in [0.25, 0.3) is 22.6 Å². The minimum Gasteiger partial charge on any atom is -0.384 e. The van der Waals surface area contributed by atoms with E-state index in [9.17, 15) is 9.59 Å². The molecule has 28 heavy (non-hydrogen) atoms. The monoisotopic (exact) mass is 378 g/mol. The molecule has 3 aromatic heterocycles. The number of hydrogen-bond donors (Lipinski definition) is 2. The summed E-state index contributed by atoms with van der Waals surface area (Å²) in [6, 6.07) is 11.2. The molecular formula is C19H18N6O3. The van der Waals surface area contributed by atoms with Gasteiger partial charge in [-0.1, -0.05) is 12.1 Å². The van der Waals surface area contributed by atoms with E-state index in [1.165, 1.54) is 6.07 Å². The molecule has 1 amide bonds. The van der Waals surface area contributed by atoms with Crippen LogP contribution in [-0.2, 0) is 24.3 Å². The van der Waals surface area contributed by atoms with E-state index in [2.05, 4.69) is 20.2 Å². The average Bonchev–Trinajstić information content (AvgIpc) is 3.42. The number of imidazole rings is 1. The van der Waals surface area contributed by atoms with Crippen molar-refractivity contribution >= 4 is 16.9 Å². The quantitative estimate of drug-likeness (QED) is 0.561. The summed E-state index contributed by atoms with van der Waals surface area (Å²) in [7, 11) is 0. The number of hydrogen-bond acceptors (Lipinski definition) is 5. The first-order valence-electron chi connectivity index (χ1n) is 9.13. The van der Waals surface area contributed by atoms with Gasteiger partial charge in [-0.3, -0.25) is 14.3 Å². The van der Waals surface area contributed by atoms with Crippen LogP contribution in [-0.4, -0.2) is 42.3 Å². The summed E-state index contributed by atoms with van der Waals surface area (Å²) in [5, 5.41) is 6.87. The summed E-state index contributed by atoms with van der Waals surface area (Å²) in [5.41, 5.74) is 3.33. The minimum atomic E-state index is -0.289. The van der Waals surface area contributed by atoms with Crippen molar-refractivity contribution in [3.63, 3.8) is 0 Å². The molecule has 2 N–H and O–H groups in total. The van der Waals surface area contributed by atoms with Gasteiger partial charge in [0.05, 0.1) is 29.8 Å². The van der Waals surface area contributed by atoms with Crippen LogP contribution < -0.4 is 5.56 Å². The maximum absolute atomic E-state index is 12.5. The molecule has 142 valence electrons. The molecule has 0 saturated heterocycles. The predicted octanol–water partition coefficient (Wildman–Crippen LogP) is 1.68. The fraction of sp³-hybridized carbons (Fsp3) is 0.263. The summed E-state index contributed by atoms with van der Waals surface area (Å²) in [4.78, 5) is 33.3. The second kappa shape index (κ2) is 6.52. The second-order valence-electron chi connectivity index (χ2n) is 6.84. The average molecular weight is 378 g/mol. The molecule has 0 atom stereocenters. The number of para-hydroxylation sites is 2. The third-order valence-electron chi connectivity index (χ3n) is 4.94. The molecule has 4 heterocycles. The molecule has 1 aromatic carbocycles. The smallest absolute Gasteiger partial charge is 0.280 e. The fourth-order valence-electron chi connectivity index (χ4n) is 3.50. The van der Waals surface area contributed by atoms with Crippen LogP contribution in [0.3, 0.4) is 0 Å². The van der Waals surface area contributed by atoms with Gasteiger partial charge >= 0.3 is 0 Å². The Kier molecular flexibility index (Phi) is 3.85. The Morgan fingerprint density at radius 2 is 2.11 bits per heavy atom. The first-order chi connectivity index (χ1) is 13.7. The summed E-state index contributed by atoms with van der Waals surface area (Å²) in [5.74, 6) is 1.25. The fourth-order valence-corrected chi connectivity index (χ4v) is 3.50. The van der Waals surface area contributed by atoms with Crippen LogP contribution >= 0.6 is 0 Å². The second-order valence-corrected chi connectivity index (χ2v) is 6.84. The van der Waals surface area contributed by atoms with E-state index < -0.39 is 0 Å². The van der Waals surface area contributed by atoms with Crippen LogP contribution in [0, 0.1) is 0 Å². The summed E-state index contributed by atoms with van der Waals surface area (Å²) in [6.07, 6.45) is 0.697. The predicted molar refractivity (Wildman–Crippen MR) is 100 cm³/mol. The maximum atomic E-state index is 12.5. The van der Waals surface area contributed by atoms with Gasteiger partial charge in [0.25, 0.3) is 5.56 Å². The van der Waals surface area contributed by atoms with E-state index in [0.29, 0.717) is 38.2 Å². The van der Waals surface area contributed by atoms with Crippen molar-refractivity contribution < 1.29 is 9.32 Å². The van der Waals surface area contributed by atoms with Gasteiger partial charge in [-0.25, -0.2) is 4.98 Å². The van der Waals surface area contributed by atoms with Gasteiger partial charge in [0.15, 0.2) is 5.82 Å². The van der Waals surface area contributed by atoms with Gasteiger partial charge in [0.2, 0.25) is 5.91 Å². The molecule has 0 aliphatic carbocycles. The largest absolute Gasteiger partial charge is 0.384 e. The number of nitrogens with zero attached hydrogens (tertiary/aromatic N) is 4. The standard InChI is InChI=1S/C19H18N6O3/c26-17-10-13(28-23-17)5-6-18(27)24-7-8-25-12(11-24)9-16(22-25)19-20-14-3-1-2-4-15(14)21-19/h1-4,9-10H,5-8,11H2,(H,20,21)(H,23,26). The molecule has 1 aliphatic rings. The van der Waals surface area contributed by atoms with Crippen molar-refractivity contribution in [2.45, 2.75) is 25.9 Å². The van der Waals surface area contributed by atoms with Crippen molar-refractivity contribution in [1.82, 2.24) is 29.8 Å². The number of rotatable bonds is 4. The molecule has 0 spiro atoms. The van der Waals surface area contributed by atoms with Gasteiger partial charge in [-0.2, -0.15) is 10.3 Å². The lowest BCUT2D eigenvalue weighted by molar-refractivity contribution is -0.132.